The van der Waals surface area contributed by atoms with E-state index in [-0.39, 0.29) is 12.1 Å². The fraction of sp³-hybridized carbons (Fsp3) is 0.458. The van der Waals surface area contributed by atoms with Crippen molar-refractivity contribution in [3.8, 4) is 11.9 Å². The Morgan fingerprint density at radius 1 is 1.18 bits per heavy atom. The molecule has 1 aromatic carbocycles. The Hall–Kier alpha value is -2.96. The molecule has 0 unspecified atom stereocenters. The minimum atomic E-state index is -3.17. The Morgan fingerprint density at radius 3 is 2.58 bits per heavy atom. The zero-order chi connectivity index (χ0) is 23.8. The Labute approximate surface area is 195 Å². The highest BCUT2D eigenvalue weighted by molar-refractivity contribution is 7.88. The van der Waals surface area contributed by atoms with Crippen LogP contribution in [0, 0.1) is 11.3 Å². The molecule has 1 N–H and O–H groups in total. The second-order valence-corrected chi connectivity index (χ2v) is 11.4. The monoisotopic (exact) mass is 466 g/mol. The van der Waals surface area contributed by atoms with Crippen molar-refractivity contribution in [2.24, 2.45) is 0 Å². The van der Waals surface area contributed by atoms with Gasteiger partial charge in [-0.2, -0.15) is 10.2 Å². The number of hydrogen-bond donors (Lipinski definition) is 1. The summed E-state index contributed by atoms with van der Waals surface area (Å²) in [5, 5.41) is 14.1. The highest BCUT2D eigenvalue weighted by Crippen LogP contribution is 2.32. The molecule has 3 aromatic rings. The van der Waals surface area contributed by atoms with Gasteiger partial charge in [-0.3, -0.25) is 0 Å². The molecule has 0 bridgehead atoms. The van der Waals surface area contributed by atoms with Crippen LogP contribution in [0.4, 0.5) is 5.95 Å². The van der Waals surface area contributed by atoms with Gasteiger partial charge in [-0.05, 0) is 63.3 Å². The maximum absolute atomic E-state index is 11.8. The van der Waals surface area contributed by atoms with Crippen molar-refractivity contribution in [3.05, 3.63) is 48.3 Å². The molecule has 0 atom stereocenters. The lowest BCUT2D eigenvalue weighted by Crippen LogP contribution is -2.41. The van der Waals surface area contributed by atoms with Crippen molar-refractivity contribution < 1.29 is 8.42 Å². The van der Waals surface area contributed by atoms with Crippen LogP contribution >= 0.6 is 0 Å². The van der Waals surface area contributed by atoms with E-state index in [1.807, 2.05) is 54.9 Å². The molecule has 8 nitrogen and oxygen atoms in total. The molecule has 0 saturated heterocycles. The number of rotatable bonds is 6. The van der Waals surface area contributed by atoms with Crippen molar-refractivity contribution in [2.75, 3.05) is 18.6 Å². The van der Waals surface area contributed by atoms with Gasteiger partial charge in [0.25, 0.3) is 0 Å². The molecule has 0 amide bonds. The summed E-state index contributed by atoms with van der Waals surface area (Å²) < 4.78 is 27.1. The van der Waals surface area contributed by atoms with Crippen LogP contribution in [0.3, 0.4) is 0 Å². The zero-order valence-corrected chi connectivity index (χ0v) is 20.3. The van der Waals surface area contributed by atoms with E-state index < -0.39 is 15.4 Å². The van der Waals surface area contributed by atoms with Gasteiger partial charge >= 0.3 is 0 Å². The number of aromatic nitrogens is 3. The molecule has 4 rings (SSSR count). The molecule has 9 heteroatoms. The van der Waals surface area contributed by atoms with Crippen LogP contribution in [0.5, 0.6) is 0 Å². The highest BCUT2D eigenvalue weighted by Gasteiger charge is 2.28. The molecule has 33 heavy (non-hydrogen) atoms. The van der Waals surface area contributed by atoms with E-state index in [0.29, 0.717) is 5.95 Å². The first-order valence-electron chi connectivity index (χ1n) is 11.1. The molecule has 1 saturated carbocycles. The Balaban J connectivity index is 1.52. The van der Waals surface area contributed by atoms with Crippen molar-refractivity contribution in [1.29, 1.82) is 5.26 Å². The maximum atomic E-state index is 11.8. The first-order valence-corrected chi connectivity index (χ1v) is 13.0. The summed E-state index contributed by atoms with van der Waals surface area (Å²) in [5.41, 5.74) is 1.39. The molecule has 1 aliphatic carbocycles. The van der Waals surface area contributed by atoms with Crippen LogP contribution in [0.25, 0.3) is 16.7 Å². The van der Waals surface area contributed by atoms with E-state index in [1.165, 1.54) is 10.6 Å². The lowest BCUT2D eigenvalue weighted by molar-refractivity contribution is 0.276. The number of sulfonamides is 1. The van der Waals surface area contributed by atoms with Gasteiger partial charge in [0.15, 0.2) is 0 Å². The van der Waals surface area contributed by atoms with Crippen molar-refractivity contribution in [3.63, 3.8) is 0 Å². The summed E-state index contributed by atoms with van der Waals surface area (Å²) in [6.07, 6.45) is 8.30. The van der Waals surface area contributed by atoms with Crippen LogP contribution in [0.15, 0.2) is 42.7 Å². The van der Waals surface area contributed by atoms with E-state index in [0.717, 1.165) is 48.0 Å². The Kier molecular flexibility index (Phi) is 6.16. The molecule has 2 aromatic heterocycles. The van der Waals surface area contributed by atoms with Crippen LogP contribution in [-0.2, 0) is 15.4 Å². The topological polar surface area (TPSA) is 104 Å². The first-order chi connectivity index (χ1) is 15.6. The SMILES string of the molecule is CN(C1CCC(Nc2nccc(-n3ccc4c(C(C)(C)C#N)cccc43)n2)CC1)S(C)(=O)=O. The maximum Gasteiger partial charge on any atom is 0.224 e. The average Bonchev–Trinajstić information content (AvgIpc) is 3.23. The van der Waals surface area contributed by atoms with Crippen LogP contribution < -0.4 is 5.32 Å². The van der Waals surface area contributed by atoms with Gasteiger partial charge in [-0.15, -0.1) is 0 Å². The summed E-state index contributed by atoms with van der Waals surface area (Å²) in [5.74, 6) is 1.31. The van der Waals surface area contributed by atoms with Gasteiger partial charge in [-0.25, -0.2) is 17.7 Å². The third kappa shape index (κ3) is 4.72. The van der Waals surface area contributed by atoms with Crippen molar-refractivity contribution in [2.45, 2.75) is 57.0 Å². The first kappa shape index (κ1) is 23.2. The standard InChI is InChI=1S/C24H30N6O2S/c1-24(2,16-25)20-6-5-7-21-19(20)13-15-30(21)22-12-14-26-23(28-22)27-17-8-10-18(11-9-17)29(3)33(4,31)32/h5-7,12-15,17-18H,8-11H2,1-4H3,(H,26,27,28). The summed E-state index contributed by atoms with van der Waals surface area (Å²) >= 11 is 0. The van der Waals surface area contributed by atoms with Gasteiger partial charge < -0.3 is 9.88 Å². The van der Waals surface area contributed by atoms with E-state index in [1.54, 1.807) is 13.2 Å². The van der Waals surface area contributed by atoms with Crippen molar-refractivity contribution >= 4 is 26.9 Å². The smallest absolute Gasteiger partial charge is 0.224 e. The predicted octanol–water partition coefficient (Wildman–Crippen LogP) is 3.84. The quantitative estimate of drug-likeness (QED) is 0.592. The molecule has 1 fully saturated rings. The minimum Gasteiger partial charge on any atom is -0.351 e. The second-order valence-electron chi connectivity index (χ2n) is 9.33. The number of nitrogens with one attached hydrogen (secondary N) is 1. The van der Waals surface area contributed by atoms with E-state index in [9.17, 15) is 13.7 Å². The minimum absolute atomic E-state index is 0.0448. The number of hydrogen-bond acceptors (Lipinski definition) is 6. The number of fused-ring (bicyclic) bond motifs is 1. The number of nitriles is 1. The zero-order valence-electron chi connectivity index (χ0n) is 19.5. The molecule has 2 heterocycles. The Bertz CT molecular complexity index is 1300. The molecule has 0 spiro atoms. The predicted molar refractivity (Wildman–Crippen MR) is 130 cm³/mol. The largest absolute Gasteiger partial charge is 0.351 e. The lowest BCUT2D eigenvalue weighted by Gasteiger charge is -2.33. The number of benzene rings is 1. The molecule has 0 aliphatic heterocycles. The second kappa shape index (κ2) is 8.76. The van der Waals surface area contributed by atoms with Crippen LogP contribution in [0.1, 0.15) is 45.1 Å². The van der Waals surface area contributed by atoms with Gasteiger partial charge in [0.1, 0.15) is 5.82 Å². The van der Waals surface area contributed by atoms with E-state index >= 15 is 0 Å². The molecule has 1 aliphatic rings. The summed E-state index contributed by atoms with van der Waals surface area (Å²) in [6.45, 7) is 3.85. The number of nitrogens with zero attached hydrogens (tertiary/aromatic N) is 5. The third-order valence-electron chi connectivity index (χ3n) is 6.64. The lowest BCUT2D eigenvalue weighted by atomic mass is 9.84. The van der Waals surface area contributed by atoms with Gasteiger partial charge in [0, 0.05) is 36.9 Å². The molecular weight excluding hydrogens is 436 g/mol. The van der Waals surface area contributed by atoms with Gasteiger partial charge in [0.2, 0.25) is 16.0 Å². The Morgan fingerprint density at radius 2 is 1.91 bits per heavy atom. The van der Waals surface area contributed by atoms with Gasteiger partial charge in [0.05, 0.1) is 23.3 Å². The normalized spacial score (nSPS) is 19.5. The van der Waals surface area contributed by atoms with Gasteiger partial charge in [-0.1, -0.05) is 12.1 Å². The highest BCUT2D eigenvalue weighted by atomic mass is 32.2. The summed E-state index contributed by atoms with van der Waals surface area (Å²) in [7, 11) is -1.52. The molecular formula is C24H30N6O2S. The fourth-order valence-electron chi connectivity index (χ4n) is 4.56. The fourth-order valence-corrected chi connectivity index (χ4v) is 5.32. The molecule has 0 radical (unpaired) electrons. The average molecular weight is 467 g/mol. The third-order valence-corrected chi connectivity index (χ3v) is 7.99. The van der Waals surface area contributed by atoms with Crippen molar-refractivity contribution in [1.82, 2.24) is 18.8 Å². The summed E-state index contributed by atoms with van der Waals surface area (Å²) in [6, 6.07) is 12.5. The summed E-state index contributed by atoms with van der Waals surface area (Å²) in [4.78, 5) is 9.14. The van der Waals surface area contributed by atoms with Crippen LogP contribution in [-0.4, -0.2) is 52.6 Å². The number of anilines is 1. The molecule has 174 valence electrons. The van der Waals surface area contributed by atoms with E-state index in [4.69, 9.17) is 4.98 Å². The van der Waals surface area contributed by atoms with Crippen LogP contribution in [0.2, 0.25) is 0 Å². The van der Waals surface area contributed by atoms with E-state index in [2.05, 4.69) is 16.4 Å².